The third-order valence-electron chi connectivity index (χ3n) is 2.31. The van der Waals surface area contributed by atoms with Gasteiger partial charge >= 0.3 is 0 Å². The van der Waals surface area contributed by atoms with Crippen LogP contribution in [0.5, 0.6) is 0 Å². The summed E-state index contributed by atoms with van der Waals surface area (Å²) in [4.78, 5) is 15.0. The minimum atomic E-state index is -0.355. The average molecular weight is 216 g/mol. The highest BCUT2D eigenvalue weighted by molar-refractivity contribution is 5.77. The van der Waals surface area contributed by atoms with E-state index in [1.165, 1.54) is 6.42 Å². The number of amides is 1. The molecule has 1 amide bonds. The third kappa shape index (κ3) is 5.74. The van der Waals surface area contributed by atoms with E-state index in [2.05, 4.69) is 25.7 Å². The Kier molecular flexibility index (Phi) is 8.33. The number of aliphatic hydroxyl groups excluding tert-OH is 1. The number of nitrogens with zero attached hydrogens (tertiary/aromatic N) is 2. The molecular formula is C11H24N2O2. The number of aliphatic hydroxyl groups is 1. The number of piperazine rings is 1. The molecule has 4 nitrogen and oxygen atoms in total. The van der Waals surface area contributed by atoms with E-state index in [1.54, 1.807) is 4.90 Å². The van der Waals surface area contributed by atoms with Gasteiger partial charge in [0, 0.05) is 26.2 Å². The normalized spacial score (nSPS) is 16.9. The van der Waals surface area contributed by atoms with E-state index in [-0.39, 0.29) is 12.5 Å². The van der Waals surface area contributed by atoms with E-state index in [4.69, 9.17) is 5.11 Å². The van der Waals surface area contributed by atoms with Gasteiger partial charge in [0.15, 0.2) is 0 Å². The lowest BCUT2D eigenvalue weighted by Gasteiger charge is -2.33. The van der Waals surface area contributed by atoms with Crippen LogP contribution in [-0.4, -0.2) is 60.1 Å². The molecule has 15 heavy (non-hydrogen) atoms. The Morgan fingerprint density at radius 1 is 1.13 bits per heavy atom. The average Bonchev–Trinajstić information content (AvgIpc) is 2.29. The smallest absolute Gasteiger partial charge is 0.248 e. The van der Waals surface area contributed by atoms with Gasteiger partial charge in [0.2, 0.25) is 5.91 Å². The van der Waals surface area contributed by atoms with Crippen LogP contribution in [0.25, 0.3) is 0 Å². The van der Waals surface area contributed by atoms with Crippen LogP contribution in [0.3, 0.4) is 0 Å². The van der Waals surface area contributed by atoms with Gasteiger partial charge in [0.05, 0.1) is 0 Å². The van der Waals surface area contributed by atoms with Crippen LogP contribution in [0.15, 0.2) is 0 Å². The van der Waals surface area contributed by atoms with Crippen molar-refractivity contribution in [3.8, 4) is 0 Å². The molecule has 0 radical (unpaired) electrons. The summed E-state index contributed by atoms with van der Waals surface area (Å²) < 4.78 is 0. The van der Waals surface area contributed by atoms with Gasteiger partial charge in [-0.1, -0.05) is 27.2 Å². The second-order valence-corrected chi connectivity index (χ2v) is 3.68. The van der Waals surface area contributed by atoms with Crippen LogP contribution in [0.1, 0.15) is 27.2 Å². The van der Waals surface area contributed by atoms with Crippen molar-refractivity contribution in [2.75, 3.05) is 39.3 Å². The molecule has 1 rings (SSSR count). The minimum absolute atomic E-state index is 0.147. The van der Waals surface area contributed by atoms with Crippen LogP contribution in [0, 0.1) is 0 Å². The predicted octanol–water partition coefficient (Wildman–Crippen LogP) is 0.559. The number of carbonyl (C=O) groups excluding carboxylic acids is 1. The fourth-order valence-electron chi connectivity index (χ4n) is 1.41. The van der Waals surface area contributed by atoms with Crippen LogP contribution < -0.4 is 0 Å². The molecule has 1 aliphatic heterocycles. The van der Waals surface area contributed by atoms with Crippen molar-refractivity contribution >= 4 is 5.91 Å². The highest BCUT2D eigenvalue weighted by Gasteiger charge is 2.18. The first-order valence-electron chi connectivity index (χ1n) is 5.80. The molecule has 0 saturated carbocycles. The summed E-state index contributed by atoms with van der Waals surface area (Å²) in [6.45, 7) is 10.4. The van der Waals surface area contributed by atoms with Gasteiger partial charge in [0.25, 0.3) is 0 Å². The molecule has 0 aromatic rings. The lowest BCUT2D eigenvalue weighted by Crippen LogP contribution is -2.49. The third-order valence-corrected chi connectivity index (χ3v) is 2.31. The summed E-state index contributed by atoms with van der Waals surface area (Å²) in [5.74, 6) is -0.147. The number of hydrogen-bond acceptors (Lipinski definition) is 3. The monoisotopic (exact) mass is 216 g/mol. The number of hydrogen-bond donors (Lipinski definition) is 1. The second kappa shape index (κ2) is 8.68. The largest absolute Gasteiger partial charge is 0.387 e. The Labute approximate surface area is 92.9 Å². The molecular weight excluding hydrogens is 192 g/mol. The van der Waals surface area contributed by atoms with Crippen LogP contribution >= 0.6 is 0 Å². The molecule has 1 N–H and O–H groups in total. The lowest BCUT2D eigenvalue weighted by molar-refractivity contribution is -0.135. The maximum atomic E-state index is 11.0. The number of carbonyl (C=O) groups is 1. The zero-order valence-corrected chi connectivity index (χ0v) is 10.2. The fraction of sp³-hybridized carbons (Fsp3) is 0.909. The molecule has 0 spiro atoms. The Bertz CT molecular complexity index is 166. The predicted molar refractivity (Wildman–Crippen MR) is 61.7 cm³/mol. The SMILES string of the molecule is CCC.CCN1CCN(C(=O)CO)CC1. The Hall–Kier alpha value is -0.610. The van der Waals surface area contributed by atoms with Gasteiger partial charge in [0.1, 0.15) is 6.61 Å². The van der Waals surface area contributed by atoms with Crippen molar-refractivity contribution < 1.29 is 9.90 Å². The maximum absolute atomic E-state index is 11.0. The molecule has 0 bridgehead atoms. The molecule has 0 aromatic heterocycles. The number of likely N-dealkylation sites (N-methyl/N-ethyl adjacent to an activating group) is 1. The molecule has 1 saturated heterocycles. The molecule has 0 aliphatic carbocycles. The van der Waals surface area contributed by atoms with Gasteiger partial charge in [-0.25, -0.2) is 0 Å². The van der Waals surface area contributed by atoms with Crippen molar-refractivity contribution in [2.45, 2.75) is 27.2 Å². The zero-order chi connectivity index (χ0) is 11.7. The van der Waals surface area contributed by atoms with E-state index >= 15 is 0 Å². The molecule has 4 heteroatoms. The van der Waals surface area contributed by atoms with Crippen molar-refractivity contribution in [3.63, 3.8) is 0 Å². The summed E-state index contributed by atoms with van der Waals surface area (Å²) in [6.07, 6.45) is 1.25. The Morgan fingerprint density at radius 2 is 1.60 bits per heavy atom. The fourth-order valence-corrected chi connectivity index (χ4v) is 1.41. The summed E-state index contributed by atoms with van der Waals surface area (Å²) in [6, 6.07) is 0. The Balaban J connectivity index is 0.000000583. The zero-order valence-electron chi connectivity index (χ0n) is 10.2. The molecule has 0 atom stereocenters. The van der Waals surface area contributed by atoms with E-state index in [9.17, 15) is 4.79 Å². The highest BCUT2D eigenvalue weighted by atomic mass is 16.3. The first-order valence-corrected chi connectivity index (χ1v) is 5.80. The van der Waals surface area contributed by atoms with E-state index in [0.29, 0.717) is 0 Å². The summed E-state index contributed by atoms with van der Waals surface area (Å²) in [5, 5.41) is 8.61. The topological polar surface area (TPSA) is 43.8 Å². The van der Waals surface area contributed by atoms with Gasteiger partial charge < -0.3 is 14.9 Å². The van der Waals surface area contributed by atoms with Gasteiger partial charge in [-0.2, -0.15) is 0 Å². The molecule has 90 valence electrons. The first kappa shape index (κ1) is 14.4. The van der Waals surface area contributed by atoms with Crippen LogP contribution in [0.4, 0.5) is 0 Å². The van der Waals surface area contributed by atoms with Crippen molar-refractivity contribution in [2.24, 2.45) is 0 Å². The highest BCUT2D eigenvalue weighted by Crippen LogP contribution is 2.00. The van der Waals surface area contributed by atoms with Gasteiger partial charge in [-0.05, 0) is 6.54 Å². The molecule has 1 aliphatic rings. The summed E-state index contributed by atoms with van der Waals surface area (Å²) >= 11 is 0. The van der Waals surface area contributed by atoms with Crippen molar-refractivity contribution in [3.05, 3.63) is 0 Å². The second-order valence-electron chi connectivity index (χ2n) is 3.68. The van der Waals surface area contributed by atoms with Crippen LogP contribution in [-0.2, 0) is 4.79 Å². The quantitative estimate of drug-likeness (QED) is 0.733. The van der Waals surface area contributed by atoms with E-state index in [0.717, 1.165) is 32.7 Å². The van der Waals surface area contributed by atoms with Gasteiger partial charge in [-0.15, -0.1) is 0 Å². The molecule has 0 aromatic carbocycles. The molecule has 1 fully saturated rings. The first-order chi connectivity index (χ1) is 7.19. The number of rotatable bonds is 2. The van der Waals surface area contributed by atoms with E-state index in [1.807, 2.05) is 0 Å². The Morgan fingerprint density at radius 3 is 1.93 bits per heavy atom. The summed E-state index contributed by atoms with van der Waals surface area (Å²) in [5.41, 5.74) is 0. The van der Waals surface area contributed by atoms with Crippen molar-refractivity contribution in [1.82, 2.24) is 9.80 Å². The van der Waals surface area contributed by atoms with Gasteiger partial charge in [-0.3, -0.25) is 4.79 Å². The maximum Gasteiger partial charge on any atom is 0.248 e. The van der Waals surface area contributed by atoms with Crippen molar-refractivity contribution in [1.29, 1.82) is 0 Å². The molecule has 0 unspecified atom stereocenters. The summed E-state index contributed by atoms with van der Waals surface area (Å²) in [7, 11) is 0. The minimum Gasteiger partial charge on any atom is -0.387 e. The van der Waals surface area contributed by atoms with E-state index < -0.39 is 0 Å². The molecule has 1 heterocycles. The standard InChI is InChI=1S/C8H16N2O2.C3H8/c1-2-9-3-5-10(6-4-9)8(12)7-11;1-3-2/h11H,2-7H2,1H3;3H2,1-2H3. The van der Waals surface area contributed by atoms with Crippen LogP contribution in [0.2, 0.25) is 0 Å². The lowest BCUT2D eigenvalue weighted by atomic mass is 10.3.